The number of hydrogen-bond acceptors (Lipinski definition) is 4. The van der Waals surface area contributed by atoms with Crippen molar-refractivity contribution in [2.75, 3.05) is 7.11 Å². The minimum absolute atomic E-state index is 0.00198. The molecule has 0 radical (unpaired) electrons. The molecule has 0 aromatic rings. The minimum atomic E-state index is -1.21. The number of primary amides is 1. The highest BCUT2D eigenvalue weighted by atomic mass is 16.5. The highest BCUT2D eigenvalue weighted by Gasteiger charge is 2.50. The first kappa shape index (κ1) is 12.9. The van der Waals surface area contributed by atoms with E-state index in [9.17, 15) is 14.7 Å². The Morgan fingerprint density at radius 1 is 1.44 bits per heavy atom. The number of aliphatic carboxylic acids is 1. The summed E-state index contributed by atoms with van der Waals surface area (Å²) in [7, 11) is 1.30. The number of carboxylic acid groups (broad SMARTS) is 1. The molecule has 1 unspecified atom stereocenters. The molecule has 0 spiro atoms. The van der Waals surface area contributed by atoms with Gasteiger partial charge in [0.25, 0.3) is 0 Å². The van der Waals surface area contributed by atoms with E-state index in [4.69, 9.17) is 16.2 Å². The molecule has 6 heteroatoms. The van der Waals surface area contributed by atoms with Crippen LogP contribution in [-0.2, 0) is 14.3 Å². The summed E-state index contributed by atoms with van der Waals surface area (Å²) in [6.45, 7) is 0. The molecular formula is C10H18N2O4. The lowest BCUT2D eigenvalue weighted by Crippen LogP contribution is -2.53. The van der Waals surface area contributed by atoms with E-state index in [0.717, 1.165) is 0 Å². The lowest BCUT2D eigenvalue weighted by molar-refractivity contribution is -0.167. The van der Waals surface area contributed by atoms with Gasteiger partial charge < -0.3 is 21.3 Å². The monoisotopic (exact) mass is 230 g/mol. The number of amides is 1. The highest BCUT2D eigenvalue weighted by molar-refractivity contribution is 5.88. The molecule has 1 atom stereocenters. The van der Waals surface area contributed by atoms with Gasteiger partial charge >= 0.3 is 5.97 Å². The number of carbonyl (C=O) groups excluding carboxylic acids is 1. The Bertz CT molecular complexity index is 285. The van der Waals surface area contributed by atoms with E-state index in [0.29, 0.717) is 25.7 Å². The Hall–Kier alpha value is -1.14. The Balaban J connectivity index is 2.96. The third kappa shape index (κ3) is 2.17. The predicted octanol–water partition coefficient (Wildman–Crippen LogP) is -0.541. The van der Waals surface area contributed by atoms with Gasteiger partial charge in [-0.15, -0.1) is 0 Å². The molecule has 5 N–H and O–H groups in total. The second-order valence-electron chi connectivity index (χ2n) is 4.32. The molecule has 16 heavy (non-hydrogen) atoms. The highest BCUT2D eigenvalue weighted by Crippen LogP contribution is 2.40. The van der Waals surface area contributed by atoms with Gasteiger partial charge in [-0.05, 0) is 25.7 Å². The Labute approximate surface area is 93.9 Å². The van der Waals surface area contributed by atoms with Crippen molar-refractivity contribution in [3.8, 4) is 0 Å². The summed E-state index contributed by atoms with van der Waals surface area (Å²) in [4.78, 5) is 22.6. The molecule has 0 aromatic carbocycles. The van der Waals surface area contributed by atoms with Crippen molar-refractivity contribution in [1.29, 1.82) is 0 Å². The molecule has 1 amide bonds. The zero-order valence-corrected chi connectivity index (χ0v) is 9.31. The smallest absolute Gasteiger partial charge is 0.312 e. The first-order valence-corrected chi connectivity index (χ1v) is 5.25. The molecule has 1 aliphatic rings. The summed E-state index contributed by atoms with van der Waals surface area (Å²) >= 11 is 0. The van der Waals surface area contributed by atoms with Crippen molar-refractivity contribution in [3.05, 3.63) is 0 Å². The van der Waals surface area contributed by atoms with Crippen LogP contribution in [0, 0.1) is 5.41 Å². The van der Waals surface area contributed by atoms with Gasteiger partial charge in [0.05, 0.1) is 0 Å². The molecule has 1 rings (SSSR count). The summed E-state index contributed by atoms with van der Waals surface area (Å²) in [5, 5.41) is 9.30. The standard InChI is InChI=1S/C10H18N2O4/c1-16-7(8(12)13)10(9(14)15)4-2-6(11)3-5-10/h6-7H,2-5,11H2,1H3,(H2,12,13)(H,14,15). The van der Waals surface area contributed by atoms with E-state index < -0.39 is 23.4 Å². The van der Waals surface area contributed by atoms with Crippen LogP contribution in [0.5, 0.6) is 0 Å². The third-order valence-corrected chi connectivity index (χ3v) is 3.34. The van der Waals surface area contributed by atoms with Crippen LogP contribution < -0.4 is 11.5 Å². The van der Waals surface area contributed by atoms with Crippen LogP contribution in [0.4, 0.5) is 0 Å². The number of methoxy groups -OCH3 is 1. The van der Waals surface area contributed by atoms with Crippen molar-refractivity contribution in [2.45, 2.75) is 37.8 Å². The number of hydrogen-bond donors (Lipinski definition) is 3. The zero-order valence-electron chi connectivity index (χ0n) is 9.31. The maximum Gasteiger partial charge on any atom is 0.312 e. The van der Waals surface area contributed by atoms with Crippen LogP contribution in [0.15, 0.2) is 0 Å². The summed E-state index contributed by atoms with van der Waals surface area (Å²) in [5.41, 5.74) is 9.69. The fourth-order valence-corrected chi connectivity index (χ4v) is 2.36. The molecule has 0 aliphatic heterocycles. The minimum Gasteiger partial charge on any atom is -0.481 e. The second kappa shape index (κ2) is 4.80. The van der Waals surface area contributed by atoms with Crippen molar-refractivity contribution in [1.82, 2.24) is 0 Å². The molecule has 0 aromatic heterocycles. The van der Waals surface area contributed by atoms with E-state index in [1.165, 1.54) is 7.11 Å². The molecule has 1 fully saturated rings. The summed E-state index contributed by atoms with van der Waals surface area (Å²) in [6, 6.07) is -0.00198. The first-order chi connectivity index (χ1) is 7.44. The van der Waals surface area contributed by atoms with Gasteiger partial charge in [0.1, 0.15) is 5.41 Å². The third-order valence-electron chi connectivity index (χ3n) is 3.34. The first-order valence-electron chi connectivity index (χ1n) is 5.25. The molecule has 1 aliphatic carbocycles. The van der Waals surface area contributed by atoms with E-state index in [1.54, 1.807) is 0 Å². The Morgan fingerprint density at radius 2 is 1.94 bits per heavy atom. The molecule has 6 nitrogen and oxygen atoms in total. The van der Waals surface area contributed by atoms with Gasteiger partial charge in [-0.2, -0.15) is 0 Å². The van der Waals surface area contributed by atoms with Crippen LogP contribution in [0.2, 0.25) is 0 Å². The molecule has 0 heterocycles. The SMILES string of the molecule is COC(C(N)=O)C1(C(=O)O)CCC(N)CC1. The van der Waals surface area contributed by atoms with Crippen LogP contribution >= 0.6 is 0 Å². The number of ether oxygens (including phenoxy) is 1. The van der Waals surface area contributed by atoms with Gasteiger partial charge in [-0.1, -0.05) is 0 Å². The summed E-state index contributed by atoms with van der Waals surface area (Å²) in [5.74, 6) is -1.77. The van der Waals surface area contributed by atoms with Crippen LogP contribution in [-0.4, -0.2) is 36.2 Å². The fourth-order valence-electron chi connectivity index (χ4n) is 2.36. The van der Waals surface area contributed by atoms with E-state index in [-0.39, 0.29) is 6.04 Å². The average molecular weight is 230 g/mol. The quantitative estimate of drug-likeness (QED) is 0.599. The number of nitrogens with two attached hydrogens (primary N) is 2. The average Bonchev–Trinajstić information content (AvgIpc) is 2.21. The summed E-state index contributed by atoms with van der Waals surface area (Å²) < 4.78 is 4.95. The second-order valence-corrected chi connectivity index (χ2v) is 4.32. The van der Waals surface area contributed by atoms with Gasteiger partial charge in [-0.25, -0.2) is 0 Å². The topological polar surface area (TPSA) is 116 Å². The lowest BCUT2D eigenvalue weighted by atomic mass is 9.68. The van der Waals surface area contributed by atoms with Crippen molar-refractivity contribution in [2.24, 2.45) is 16.9 Å². The normalized spacial score (nSPS) is 32.0. The molecule has 1 saturated carbocycles. The lowest BCUT2D eigenvalue weighted by Gasteiger charge is -2.39. The van der Waals surface area contributed by atoms with Gasteiger partial charge in [-0.3, -0.25) is 9.59 Å². The fraction of sp³-hybridized carbons (Fsp3) is 0.800. The Morgan fingerprint density at radius 3 is 2.25 bits per heavy atom. The summed E-state index contributed by atoms with van der Waals surface area (Å²) in [6.07, 6.45) is 0.701. The Kier molecular flexibility index (Phi) is 3.88. The maximum absolute atomic E-state index is 11.4. The van der Waals surface area contributed by atoms with Crippen LogP contribution in [0.3, 0.4) is 0 Å². The largest absolute Gasteiger partial charge is 0.481 e. The predicted molar refractivity (Wildman–Crippen MR) is 56.5 cm³/mol. The molecule has 92 valence electrons. The number of carbonyl (C=O) groups is 2. The van der Waals surface area contributed by atoms with Gasteiger partial charge in [0, 0.05) is 13.2 Å². The van der Waals surface area contributed by atoms with Gasteiger partial charge in [0.15, 0.2) is 6.10 Å². The van der Waals surface area contributed by atoms with Gasteiger partial charge in [0.2, 0.25) is 5.91 Å². The molecule has 0 bridgehead atoms. The van der Waals surface area contributed by atoms with E-state index in [2.05, 4.69) is 0 Å². The van der Waals surface area contributed by atoms with Crippen LogP contribution in [0.1, 0.15) is 25.7 Å². The van der Waals surface area contributed by atoms with E-state index in [1.807, 2.05) is 0 Å². The maximum atomic E-state index is 11.4. The van der Waals surface area contributed by atoms with Crippen molar-refractivity contribution < 1.29 is 19.4 Å². The molecular weight excluding hydrogens is 212 g/mol. The zero-order chi connectivity index (χ0) is 12.3. The van der Waals surface area contributed by atoms with Crippen molar-refractivity contribution >= 4 is 11.9 Å². The number of carboxylic acids is 1. The van der Waals surface area contributed by atoms with Crippen LogP contribution in [0.25, 0.3) is 0 Å². The molecule has 0 saturated heterocycles. The van der Waals surface area contributed by atoms with Crippen molar-refractivity contribution in [3.63, 3.8) is 0 Å². The van der Waals surface area contributed by atoms with E-state index >= 15 is 0 Å². The number of rotatable bonds is 4.